The van der Waals surface area contributed by atoms with Crippen molar-refractivity contribution in [2.45, 2.75) is 19.8 Å². The number of carboxylic acids is 1. The first kappa shape index (κ1) is 17.7. The molecule has 0 radical (unpaired) electrons. The minimum Gasteiger partial charge on any atom is -0.481 e. The van der Waals surface area contributed by atoms with Gasteiger partial charge in [0.25, 0.3) is 0 Å². The second-order valence-corrected chi connectivity index (χ2v) is 9.28. The van der Waals surface area contributed by atoms with Crippen molar-refractivity contribution in [1.82, 2.24) is 9.80 Å². The highest BCUT2D eigenvalue weighted by atomic mass is 32.1. The molecule has 1 aromatic heterocycles. The summed E-state index contributed by atoms with van der Waals surface area (Å²) in [4.78, 5) is 22.5. The minimum atomic E-state index is -0.635. The highest BCUT2D eigenvalue weighted by Crippen LogP contribution is 2.46. The quantitative estimate of drug-likeness (QED) is 0.828. The fourth-order valence-electron chi connectivity index (χ4n) is 4.12. The van der Waals surface area contributed by atoms with Gasteiger partial charge in [-0.3, -0.25) is 9.69 Å². The SMILES string of the molecule is Cc1cc2c(s1)Nc1ccccc1N=C2N1CCN(CC2(C(=O)O)CC2)CC1. The molecule has 5 rings (SSSR count). The number of para-hydroxylation sites is 2. The van der Waals surface area contributed by atoms with Crippen molar-refractivity contribution >= 4 is 39.5 Å². The molecule has 1 saturated carbocycles. The largest absolute Gasteiger partial charge is 0.481 e. The van der Waals surface area contributed by atoms with E-state index in [1.165, 1.54) is 4.88 Å². The first-order valence-electron chi connectivity index (χ1n) is 9.80. The van der Waals surface area contributed by atoms with Gasteiger partial charge in [-0.1, -0.05) is 12.1 Å². The Hall–Kier alpha value is -2.38. The van der Waals surface area contributed by atoms with Crippen molar-refractivity contribution in [2.75, 3.05) is 38.0 Å². The number of nitrogens with zero attached hydrogens (tertiary/aromatic N) is 3. The van der Waals surface area contributed by atoms with Crippen LogP contribution in [0.2, 0.25) is 0 Å². The lowest BCUT2D eigenvalue weighted by molar-refractivity contribution is -0.144. The number of aryl methyl sites for hydroxylation is 1. The summed E-state index contributed by atoms with van der Waals surface area (Å²) in [6, 6.07) is 10.4. The summed E-state index contributed by atoms with van der Waals surface area (Å²) in [6.07, 6.45) is 1.63. The van der Waals surface area contributed by atoms with Crippen molar-refractivity contribution < 1.29 is 9.90 Å². The molecule has 2 fully saturated rings. The number of benzene rings is 1. The number of thiophene rings is 1. The predicted octanol–water partition coefficient (Wildman–Crippen LogP) is 3.67. The number of anilines is 2. The summed E-state index contributed by atoms with van der Waals surface area (Å²) in [6.45, 7) is 6.29. The van der Waals surface area contributed by atoms with Gasteiger partial charge >= 0.3 is 5.97 Å². The van der Waals surface area contributed by atoms with E-state index < -0.39 is 11.4 Å². The standard InChI is InChI=1S/C21H24N4O2S/c1-14-12-15-18(22-16-4-2-3-5-17(16)23-19(15)28-14)25-10-8-24(9-11-25)13-21(6-7-21)20(26)27/h2-5,12,23H,6-11,13H2,1H3,(H,26,27). The molecule has 6 nitrogen and oxygen atoms in total. The molecule has 2 aromatic rings. The summed E-state index contributed by atoms with van der Waals surface area (Å²) >= 11 is 1.76. The maximum atomic E-state index is 11.5. The van der Waals surface area contributed by atoms with Gasteiger partial charge in [-0.15, -0.1) is 11.3 Å². The number of hydrogen-bond acceptors (Lipinski definition) is 6. The molecule has 1 aliphatic carbocycles. The van der Waals surface area contributed by atoms with E-state index in [0.29, 0.717) is 6.54 Å². The van der Waals surface area contributed by atoms with Crippen molar-refractivity contribution in [1.29, 1.82) is 0 Å². The van der Waals surface area contributed by atoms with E-state index in [2.05, 4.69) is 34.2 Å². The third kappa shape index (κ3) is 3.08. The molecule has 28 heavy (non-hydrogen) atoms. The number of rotatable bonds is 3. The maximum Gasteiger partial charge on any atom is 0.310 e. The average molecular weight is 397 g/mol. The van der Waals surface area contributed by atoms with E-state index in [0.717, 1.165) is 66.8 Å². The van der Waals surface area contributed by atoms with Crippen molar-refractivity contribution in [3.05, 3.63) is 40.8 Å². The van der Waals surface area contributed by atoms with Crippen molar-refractivity contribution in [3.63, 3.8) is 0 Å². The van der Waals surface area contributed by atoms with E-state index >= 15 is 0 Å². The second-order valence-electron chi connectivity index (χ2n) is 8.03. The fourth-order valence-corrected chi connectivity index (χ4v) is 5.04. The fraction of sp³-hybridized carbons (Fsp3) is 0.429. The molecule has 7 heteroatoms. The van der Waals surface area contributed by atoms with Crippen LogP contribution >= 0.6 is 11.3 Å². The molecule has 0 bridgehead atoms. The molecule has 0 unspecified atom stereocenters. The van der Waals surface area contributed by atoms with E-state index in [1.807, 2.05) is 18.2 Å². The number of aliphatic imine (C=N–C) groups is 1. The molecule has 3 aliphatic rings. The van der Waals surface area contributed by atoms with Crippen LogP contribution in [0.25, 0.3) is 0 Å². The Morgan fingerprint density at radius 2 is 2.00 bits per heavy atom. The van der Waals surface area contributed by atoms with Gasteiger partial charge in [0, 0.05) is 37.6 Å². The van der Waals surface area contributed by atoms with Crippen LogP contribution in [-0.4, -0.2) is 59.4 Å². The Morgan fingerprint density at radius 3 is 2.71 bits per heavy atom. The summed E-state index contributed by atoms with van der Waals surface area (Å²) < 4.78 is 0. The van der Waals surface area contributed by atoms with Crippen LogP contribution in [-0.2, 0) is 4.79 Å². The van der Waals surface area contributed by atoms with Crippen molar-refractivity contribution in [2.24, 2.45) is 10.4 Å². The molecule has 1 aromatic carbocycles. The molecule has 0 amide bonds. The van der Waals surface area contributed by atoms with Crippen LogP contribution in [0.5, 0.6) is 0 Å². The third-order valence-electron chi connectivity index (χ3n) is 5.98. The second kappa shape index (κ2) is 6.60. The topological polar surface area (TPSA) is 68.2 Å². The van der Waals surface area contributed by atoms with Crippen LogP contribution < -0.4 is 5.32 Å². The lowest BCUT2D eigenvalue weighted by atomic mass is 10.1. The molecule has 2 N–H and O–H groups in total. The molecule has 3 heterocycles. The van der Waals surface area contributed by atoms with Crippen LogP contribution in [0.3, 0.4) is 0 Å². The number of amidine groups is 1. The smallest absolute Gasteiger partial charge is 0.310 e. The zero-order valence-corrected chi connectivity index (χ0v) is 16.8. The minimum absolute atomic E-state index is 0.484. The van der Waals surface area contributed by atoms with Gasteiger partial charge < -0.3 is 15.3 Å². The van der Waals surface area contributed by atoms with Gasteiger partial charge in [-0.05, 0) is 38.0 Å². The normalized spacial score (nSPS) is 20.5. The van der Waals surface area contributed by atoms with Crippen LogP contribution in [0.4, 0.5) is 16.4 Å². The molecular weight excluding hydrogens is 372 g/mol. The zero-order chi connectivity index (χ0) is 19.3. The Kier molecular flexibility index (Phi) is 4.17. The van der Waals surface area contributed by atoms with Gasteiger partial charge in [0.15, 0.2) is 0 Å². The molecule has 0 atom stereocenters. The lowest BCUT2D eigenvalue weighted by Gasteiger charge is -2.37. The van der Waals surface area contributed by atoms with Crippen LogP contribution in [0.1, 0.15) is 23.3 Å². The molecule has 1 saturated heterocycles. The third-order valence-corrected chi connectivity index (χ3v) is 6.95. The van der Waals surface area contributed by atoms with Gasteiger partial charge in [0.05, 0.1) is 22.4 Å². The average Bonchev–Trinajstić information content (AvgIpc) is 3.41. The number of piperazine rings is 1. The number of fused-ring (bicyclic) bond motifs is 2. The number of carbonyl (C=O) groups is 1. The van der Waals surface area contributed by atoms with Crippen LogP contribution in [0.15, 0.2) is 35.3 Å². The van der Waals surface area contributed by atoms with Gasteiger partial charge in [-0.2, -0.15) is 0 Å². The maximum absolute atomic E-state index is 11.5. The molecule has 2 aliphatic heterocycles. The number of hydrogen-bond donors (Lipinski definition) is 2. The van der Waals surface area contributed by atoms with Gasteiger partial charge in [-0.25, -0.2) is 4.99 Å². The summed E-state index contributed by atoms with van der Waals surface area (Å²) in [5.41, 5.74) is 2.68. The monoisotopic (exact) mass is 396 g/mol. The first-order chi connectivity index (χ1) is 13.5. The number of nitrogens with one attached hydrogen (secondary N) is 1. The van der Waals surface area contributed by atoms with Gasteiger partial charge in [0.2, 0.25) is 0 Å². The van der Waals surface area contributed by atoms with E-state index in [1.54, 1.807) is 11.3 Å². The number of aliphatic carboxylic acids is 1. The van der Waals surface area contributed by atoms with E-state index in [4.69, 9.17) is 4.99 Å². The highest BCUT2D eigenvalue weighted by Gasteiger charge is 2.51. The molecular formula is C21H24N4O2S. The van der Waals surface area contributed by atoms with E-state index in [-0.39, 0.29) is 0 Å². The summed E-state index contributed by atoms with van der Waals surface area (Å²) in [7, 11) is 0. The molecule has 0 spiro atoms. The van der Waals surface area contributed by atoms with Crippen molar-refractivity contribution in [3.8, 4) is 0 Å². The first-order valence-corrected chi connectivity index (χ1v) is 10.6. The Morgan fingerprint density at radius 1 is 1.25 bits per heavy atom. The number of carboxylic acid groups (broad SMARTS) is 1. The summed E-state index contributed by atoms with van der Waals surface area (Å²) in [5, 5.41) is 14.2. The van der Waals surface area contributed by atoms with Crippen LogP contribution in [0, 0.1) is 12.3 Å². The zero-order valence-electron chi connectivity index (χ0n) is 15.9. The highest BCUT2D eigenvalue weighted by molar-refractivity contribution is 7.16. The Bertz CT molecular complexity index is 955. The molecule has 146 valence electrons. The van der Waals surface area contributed by atoms with E-state index in [9.17, 15) is 9.90 Å². The predicted molar refractivity (Wildman–Crippen MR) is 112 cm³/mol. The lowest BCUT2D eigenvalue weighted by Crippen LogP contribution is -2.50. The van der Waals surface area contributed by atoms with Gasteiger partial charge in [0.1, 0.15) is 10.8 Å². The Balaban J connectivity index is 1.38. The Labute approximate surface area is 168 Å². The summed E-state index contributed by atoms with van der Waals surface area (Å²) in [5.74, 6) is 0.389.